The van der Waals surface area contributed by atoms with Gasteiger partial charge in [0.2, 0.25) is 5.91 Å². The number of esters is 1. The van der Waals surface area contributed by atoms with E-state index in [9.17, 15) is 22.8 Å². The molecule has 0 saturated carbocycles. The Morgan fingerprint density at radius 3 is 2.26 bits per heavy atom. The van der Waals surface area contributed by atoms with Crippen LogP contribution in [-0.4, -0.2) is 54.7 Å². The molecular weight excluding hydrogens is 477 g/mol. The summed E-state index contributed by atoms with van der Waals surface area (Å²) in [4.78, 5) is 38.6. The molecule has 11 heteroatoms. The molecule has 3 atom stereocenters. The number of sulfone groups is 1. The molecule has 2 aromatic carbocycles. The van der Waals surface area contributed by atoms with Gasteiger partial charge in [-0.3, -0.25) is 4.79 Å². The summed E-state index contributed by atoms with van der Waals surface area (Å²) in [5.74, 6) is -2.38. The van der Waals surface area contributed by atoms with E-state index in [0.717, 1.165) is 11.0 Å². The minimum absolute atomic E-state index is 0.0289. The van der Waals surface area contributed by atoms with E-state index in [1.807, 2.05) is 0 Å². The number of carbonyl (C=O) groups is 3. The first kappa shape index (κ1) is 26.1. The van der Waals surface area contributed by atoms with Gasteiger partial charge in [-0.05, 0) is 45.4 Å². The monoisotopic (exact) mass is 505 g/mol. The molecule has 1 saturated heterocycles. The van der Waals surface area contributed by atoms with Gasteiger partial charge in [0, 0.05) is 5.56 Å². The Labute approximate surface area is 203 Å². The topological polar surface area (TPSA) is 136 Å². The molecule has 0 radical (unpaired) electrons. The largest absolute Gasteiger partial charge is 0.458 e. The van der Waals surface area contributed by atoms with Crippen molar-refractivity contribution in [2.75, 3.05) is 6.54 Å². The van der Waals surface area contributed by atoms with Crippen LogP contribution in [0.5, 0.6) is 0 Å². The van der Waals surface area contributed by atoms with Crippen molar-refractivity contribution in [1.29, 1.82) is 0 Å². The van der Waals surface area contributed by atoms with Gasteiger partial charge >= 0.3 is 12.0 Å². The van der Waals surface area contributed by atoms with E-state index >= 15 is 4.39 Å². The van der Waals surface area contributed by atoms with Gasteiger partial charge in [0.05, 0.1) is 22.7 Å². The molecule has 3 rings (SSSR count). The lowest BCUT2D eigenvalue weighted by Crippen LogP contribution is -2.49. The van der Waals surface area contributed by atoms with Crippen molar-refractivity contribution in [2.45, 2.75) is 55.0 Å². The summed E-state index contributed by atoms with van der Waals surface area (Å²) in [7, 11) is -4.14. The van der Waals surface area contributed by atoms with Gasteiger partial charge in [-0.1, -0.05) is 36.4 Å². The molecule has 3 N–H and O–H groups in total. The second-order valence-corrected chi connectivity index (χ2v) is 11.3. The lowest BCUT2D eigenvalue weighted by molar-refractivity contribution is -0.164. The molecule has 3 amide bonds. The number of primary amides is 1. The molecule has 0 spiro atoms. The third-order valence-electron chi connectivity index (χ3n) is 5.52. The van der Waals surface area contributed by atoms with E-state index in [1.54, 1.807) is 39.0 Å². The number of likely N-dealkylation sites (tertiary alicyclic amines) is 1. The summed E-state index contributed by atoms with van der Waals surface area (Å²) in [6, 6.07) is 9.31. The molecule has 1 fully saturated rings. The molecule has 3 unspecified atom stereocenters. The molecule has 0 aliphatic carbocycles. The fourth-order valence-electron chi connectivity index (χ4n) is 4.14. The van der Waals surface area contributed by atoms with E-state index in [4.69, 9.17) is 10.5 Å². The number of halogens is 1. The highest BCUT2D eigenvalue weighted by molar-refractivity contribution is 7.92. The Bertz CT molecular complexity index is 1210. The number of hydrogen-bond donors (Lipinski definition) is 2. The average molecular weight is 506 g/mol. The van der Waals surface area contributed by atoms with Gasteiger partial charge in [-0.25, -0.2) is 22.4 Å². The van der Waals surface area contributed by atoms with E-state index in [-0.39, 0.29) is 16.9 Å². The van der Waals surface area contributed by atoms with Crippen LogP contribution in [0, 0.1) is 5.82 Å². The molecule has 35 heavy (non-hydrogen) atoms. The number of ether oxygens (including phenoxy) is 1. The average Bonchev–Trinajstić information content (AvgIpc) is 3.19. The van der Waals surface area contributed by atoms with Crippen LogP contribution in [0.2, 0.25) is 0 Å². The van der Waals surface area contributed by atoms with Crippen LogP contribution in [-0.2, 0) is 24.2 Å². The lowest BCUT2D eigenvalue weighted by Gasteiger charge is -2.32. The highest BCUT2D eigenvalue weighted by Gasteiger charge is 2.54. The summed E-state index contributed by atoms with van der Waals surface area (Å²) < 4.78 is 47.9. The summed E-state index contributed by atoms with van der Waals surface area (Å²) in [5, 5.41) is 0.790. The first-order valence-corrected chi connectivity index (χ1v) is 12.5. The second kappa shape index (κ2) is 10.0. The van der Waals surface area contributed by atoms with Crippen LogP contribution < -0.4 is 11.1 Å². The minimum atomic E-state index is -4.14. The maximum Gasteiger partial charge on any atom is 0.329 e. The lowest BCUT2D eigenvalue weighted by atomic mass is 10.0. The molecule has 1 aliphatic heterocycles. The third-order valence-corrected chi connectivity index (χ3v) is 7.69. The fourth-order valence-corrected chi connectivity index (χ4v) is 6.08. The number of nitrogens with one attached hydrogen (secondary N) is 1. The number of carbonyl (C=O) groups excluding carboxylic acids is 3. The number of benzene rings is 2. The molecule has 188 valence electrons. The third kappa shape index (κ3) is 5.79. The van der Waals surface area contributed by atoms with Gasteiger partial charge in [0.15, 0.2) is 9.84 Å². The number of urea groups is 1. The van der Waals surface area contributed by atoms with Crippen LogP contribution in [0.15, 0.2) is 59.5 Å². The fraction of sp³-hybridized carbons (Fsp3) is 0.375. The Morgan fingerprint density at radius 2 is 1.69 bits per heavy atom. The van der Waals surface area contributed by atoms with Crippen LogP contribution in [0.1, 0.15) is 38.8 Å². The quantitative estimate of drug-likeness (QED) is 0.579. The summed E-state index contributed by atoms with van der Waals surface area (Å²) >= 11 is 0. The molecule has 1 aliphatic rings. The zero-order valence-electron chi connectivity index (χ0n) is 19.6. The van der Waals surface area contributed by atoms with E-state index < -0.39 is 63.0 Å². The molecular formula is C24H28FN3O6S. The maximum atomic E-state index is 15.0. The van der Waals surface area contributed by atoms with Gasteiger partial charge < -0.3 is 20.7 Å². The van der Waals surface area contributed by atoms with Crippen LogP contribution in [0.4, 0.5) is 9.18 Å². The van der Waals surface area contributed by atoms with Crippen molar-refractivity contribution in [2.24, 2.45) is 5.73 Å². The van der Waals surface area contributed by atoms with Crippen molar-refractivity contribution >= 4 is 27.7 Å². The van der Waals surface area contributed by atoms with Crippen molar-refractivity contribution in [1.82, 2.24) is 10.2 Å². The number of nitrogens with two attached hydrogens (primary N) is 1. The predicted molar refractivity (Wildman–Crippen MR) is 125 cm³/mol. The Kier molecular flexibility index (Phi) is 7.49. The maximum absolute atomic E-state index is 15.0. The van der Waals surface area contributed by atoms with Crippen molar-refractivity contribution in [3.05, 3.63) is 66.0 Å². The second-order valence-electron chi connectivity index (χ2n) is 9.17. The highest BCUT2D eigenvalue weighted by Crippen LogP contribution is 2.44. The smallest absolute Gasteiger partial charge is 0.329 e. The van der Waals surface area contributed by atoms with Crippen molar-refractivity contribution in [3.8, 4) is 0 Å². The zero-order valence-corrected chi connectivity index (χ0v) is 20.4. The molecule has 0 bridgehead atoms. The van der Waals surface area contributed by atoms with E-state index in [2.05, 4.69) is 5.32 Å². The van der Waals surface area contributed by atoms with Crippen LogP contribution in [0.3, 0.4) is 0 Å². The van der Waals surface area contributed by atoms with Crippen molar-refractivity contribution in [3.63, 3.8) is 0 Å². The Morgan fingerprint density at radius 1 is 1.09 bits per heavy atom. The van der Waals surface area contributed by atoms with E-state index in [1.165, 1.54) is 30.3 Å². The highest BCUT2D eigenvalue weighted by atomic mass is 32.2. The van der Waals surface area contributed by atoms with Crippen LogP contribution >= 0.6 is 0 Å². The Hall–Kier alpha value is -3.47. The molecule has 1 heterocycles. The zero-order chi connectivity index (χ0) is 26.0. The number of nitrogens with zero attached hydrogens (tertiary/aromatic N) is 1. The van der Waals surface area contributed by atoms with Gasteiger partial charge in [-0.15, -0.1) is 0 Å². The standard InChI is InChI=1S/C24H28FN3O6S/c1-24(2,3)34-22(30)18-13-19(35(32,33)15-9-5-4-6-10-15)21(16-11-7-8-12-17(16)25)28(18)20(29)14-27-23(26)31/h4-12,18-19,21H,13-14H2,1-3H3,(H3,26,27,31). The van der Waals surface area contributed by atoms with Crippen molar-refractivity contribution < 1.29 is 31.9 Å². The summed E-state index contributed by atoms with van der Waals surface area (Å²) in [5.41, 5.74) is 4.09. The van der Waals surface area contributed by atoms with Crippen LogP contribution in [0.25, 0.3) is 0 Å². The first-order chi connectivity index (χ1) is 16.3. The van der Waals surface area contributed by atoms with Gasteiger partial charge in [-0.2, -0.15) is 0 Å². The normalized spacial score (nSPS) is 20.3. The first-order valence-electron chi connectivity index (χ1n) is 10.9. The number of amides is 3. The Balaban J connectivity index is 2.18. The van der Waals surface area contributed by atoms with Gasteiger partial charge in [0.1, 0.15) is 17.5 Å². The molecule has 0 aromatic heterocycles. The summed E-state index contributed by atoms with van der Waals surface area (Å²) in [6.45, 7) is 4.28. The summed E-state index contributed by atoms with van der Waals surface area (Å²) in [6.07, 6.45) is -0.326. The van der Waals surface area contributed by atoms with Gasteiger partial charge in [0.25, 0.3) is 0 Å². The number of hydrogen-bond acceptors (Lipinski definition) is 6. The SMILES string of the molecule is CC(C)(C)OC(=O)C1CC(S(=O)(=O)c2ccccc2)C(c2ccccc2F)N1C(=O)CNC(N)=O. The minimum Gasteiger partial charge on any atom is -0.458 e. The predicted octanol–water partition coefficient (Wildman–Crippen LogP) is 2.32. The molecule has 9 nitrogen and oxygen atoms in total. The molecule has 2 aromatic rings. The number of rotatable bonds is 6. The van der Waals surface area contributed by atoms with E-state index in [0.29, 0.717) is 0 Å².